The van der Waals surface area contributed by atoms with E-state index < -0.39 is 23.5 Å². The Labute approximate surface area is 107 Å². The summed E-state index contributed by atoms with van der Waals surface area (Å²) in [5.41, 5.74) is -0.0722. The van der Waals surface area contributed by atoms with Crippen LogP contribution in [0, 0.1) is 11.7 Å². The largest absolute Gasteiger partial charge is 0.274 e. The number of halogens is 3. The molecule has 1 aromatic carbocycles. The zero-order valence-corrected chi connectivity index (χ0v) is 10.1. The Kier molecular flexibility index (Phi) is 3.35. The summed E-state index contributed by atoms with van der Waals surface area (Å²) in [5.74, 6) is -2.13. The molecule has 1 atom stereocenters. The third-order valence-electron chi connectivity index (χ3n) is 2.58. The van der Waals surface area contributed by atoms with Crippen molar-refractivity contribution in [3.8, 4) is 0 Å². The Balaban J connectivity index is 2.40. The summed E-state index contributed by atoms with van der Waals surface area (Å²) < 4.78 is 13.6. The number of hydrogen-bond donors (Lipinski definition) is 0. The number of carbonyl (C=O) groups excluding carboxylic acids is 2. The number of carbonyl (C=O) groups is 2. The van der Waals surface area contributed by atoms with Crippen LogP contribution in [-0.2, 0) is 9.59 Å². The van der Waals surface area contributed by atoms with Gasteiger partial charge in [0.25, 0.3) is 0 Å². The van der Waals surface area contributed by atoms with Crippen molar-refractivity contribution in [3.05, 3.63) is 29.0 Å². The molecule has 90 valence electrons. The van der Waals surface area contributed by atoms with Gasteiger partial charge in [0.2, 0.25) is 11.8 Å². The normalized spacial score (nSPS) is 20.2. The van der Waals surface area contributed by atoms with Gasteiger partial charge in [0.05, 0.1) is 11.6 Å². The van der Waals surface area contributed by atoms with Crippen molar-refractivity contribution in [1.82, 2.24) is 0 Å². The number of alkyl halides is 1. The van der Waals surface area contributed by atoms with E-state index >= 15 is 0 Å². The lowest BCUT2D eigenvalue weighted by molar-refractivity contribution is -0.122. The number of anilines is 1. The van der Waals surface area contributed by atoms with Crippen LogP contribution in [-0.4, -0.2) is 17.7 Å². The second-order valence-electron chi connectivity index (χ2n) is 3.72. The zero-order chi connectivity index (χ0) is 12.6. The first-order valence-corrected chi connectivity index (χ1v) is 5.83. The van der Waals surface area contributed by atoms with Crippen molar-refractivity contribution in [2.24, 2.45) is 5.92 Å². The second-order valence-corrected chi connectivity index (χ2v) is 4.46. The van der Waals surface area contributed by atoms with E-state index in [0.717, 1.165) is 11.0 Å². The predicted molar refractivity (Wildman–Crippen MR) is 62.7 cm³/mol. The summed E-state index contributed by atoms with van der Waals surface area (Å²) >= 11 is 11.2. The molecule has 1 aliphatic heterocycles. The average Bonchev–Trinajstić information content (AvgIpc) is 2.55. The molecule has 6 heteroatoms. The molecule has 1 aliphatic rings. The standard InChI is InChI=1S/C11H8Cl2FNO2/c12-5-6-3-10(16)15(11(6)17)9-2-1-7(13)4-8(9)14/h1-2,4,6H,3,5H2. The molecule has 0 radical (unpaired) electrons. The highest BCUT2D eigenvalue weighted by Gasteiger charge is 2.39. The van der Waals surface area contributed by atoms with Gasteiger partial charge in [0, 0.05) is 17.3 Å². The van der Waals surface area contributed by atoms with E-state index in [-0.39, 0.29) is 23.0 Å². The van der Waals surface area contributed by atoms with Crippen LogP contribution < -0.4 is 4.90 Å². The van der Waals surface area contributed by atoms with Crippen LogP contribution in [0.4, 0.5) is 10.1 Å². The fourth-order valence-corrected chi connectivity index (χ4v) is 2.13. The molecule has 1 fully saturated rings. The van der Waals surface area contributed by atoms with Crippen LogP contribution in [0.3, 0.4) is 0 Å². The quantitative estimate of drug-likeness (QED) is 0.615. The van der Waals surface area contributed by atoms with Gasteiger partial charge in [-0.15, -0.1) is 11.6 Å². The van der Waals surface area contributed by atoms with Crippen molar-refractivity contribution in [2.45, 2.75) is 6.42 Å². The molecule has 0 aliphatic carbocycles. The van der Waals surface area contributed by atoms with Gasteiger partial charge in [0.15, 0.2) is 0 Å². The summed E-state index contributed by atoms with van der Waals surface area (Å²) in [5, 5.41) is 0.208. The lowest BCUT2D eigenvalue weighted by Gasteiger charge is -2.15. The number of imide groups is 1. The van der Waals surface area contributed by atoms with E-state index in [1.807, 2.05) is 0 Å². The Hall–Kier alpha value is -1.13. The average molecular weight is 276 g/mol. The van der Waals surface area contributed by atoms with Crippen LogP contribution in [0.1, 0.15) is 6.42 Å². The van der Waals surface area contributed by atoms with Gasteiger partial charge in [0.1, 0.15) is 5.82 Å². The monoisotopic (exact) mass is 275 g/mol. The van der Waals surface area contributed by atoms with Gasteiger partial charge in [-0.25, -0.2) is 9.29 Å². The minimum absolute atomic E-state index is 0.0183. The lowest BCUT2D eigenvalue weighted by Crippen LogP contribution is -2.31. The molecular formula is C11H8Cl2FNO2. The molecule has 0 N–H and O–H groups in total. The summed E-state index contributed by atoms with van der Waals surface area (Å²) in [6, 6.07) is 3.80. The van der Waals surface area contributed by atoms with Gasteiger partial charge in [-0.2, -0.15) is 0 Å². The van der Waals surface area contributed by atoms with Crippen molar-refractivity contribution >= 4 is 40.7 Å². The number of benzene rings is 1. The van der Waals surface area contributed by atoms with Crippen molar-refractivity contribution in [1.29, 1.82) is 0 Å². The third kappa shape index (κ3) is 2.15. The molecule has 0 aromatic heterocycles. The molecule has 2 rings (SSSR count). The smallest absolute Gasteiger partial charge is 0.238 e. The van der Waals surface area contributed by atoms with Gasteiger partial charge in [-0.1, -0.05) is 11.6 Å². The molecule has 1 heterocycles. The Morgan fingerprint density at radius 3 is 2.65 bits per heavy atom. The lowest BCUT2D eigenvalue weighted by atomic mass is 10.1. The molecule has 1 aromatic rings. The Morgan fingerprint density at radius 1 is 1.41 bits per heavy atom. The van der Waals surface area contributed by atoms with Crippen LogP contribution in [0.15, 0.2) is 18.2 Å². The SMILES string of the molecule is O=C1CC(CCl)C(=O)N1c1ccc(Cl)cc1F. The van der Waals surface area contributed by atoms with E-state index in [1.54, 1.807) is 0 Å². The summed E-state index contributed by atoms with van der Waals surface area (Å²) in [6.07, 6.45) is 0.0183. The Bertz CT molecular complexity index is 492. The molecular weight excluding hydrogens is 268 g/mol. The van der Waals surface area contributed by atoms with E-state index in [1.165, 1.54) is 12.1 Å². The van der Waals surface area contributed by atoms with Gasteiger partial charge in [-0.05, 0) is 18.2 Å². The predicted octanol–water partition coefficient (Wildman–Crippen LogP) is 2.60. The maximum Gasteiger partial charge on any atom is 0.238 e. The van der Waals surface area contributed by atoms with Gasteiger partial charge < -0.3 is 0 Å². The van der Waals surface area contributed by atoms with E-state index in [9.17, 15) is 14.0 Å². The van der Waals surface area contributed by atoms with Crippen molar-refractivity contribution in [2.75, 3.05) is 10.8 Å². The summed E-state index contributed by atoms with van der Waals surface area (Å²) in [7, 11) is 0. The maximum atomic E-state index is 13.6. The topological polar surface area (TPSA) is 37.4 Å². The van der Waals surface area contributed by atoms with Crippen LogP contribution in [0.2, 0.25) is 5.02 Å². The van der Waals surface area contributed by atoms with Crippen molar-refractivity contribution < 1.29 is 14.0 Å². The number of hydrogen-bond acceptors (Lipinski definition) is 2. The number of nitrogens with zero attached hydrogens (tertiary/aromatic N) is 1. The summed E-state index contributed by atoms with van der Waals surface area (Å²) in [6.45, 7) is 0. The highest BCUT2D eigenvalue weighted by Crippen LogP contribution is 2.30. The molecule has 0 saturated carbocycles. The van der Waals surface area contributed by atoms with Gasteiger partial charge in [-0.3, -0.25) is 9.59 Å². The molecule has 0 bridgehead atoms. The fraction of sp³-hybridized carbons (Fsp3) is 0.273. The highest BCUT2D eigenvalue weighted by molar-refractivity contribution is 6.31. The Morgan fingerprint density at radius 2 is 2.12 bits per heavy atom. The van der Waals surface area contributed by atoms with E-state index in [4.69, 9.17) is 23.2 Å². The minimum atomic E-state index is -0.700. The number of amides is 2. The molecule has 17 heavy (non-hydrogen) atoms. The molecule has 2 amide bonds. The van der Waals surface area contributed by atoms with Crippen molar-refractivity contribution in [3.63, 3.8) is 0 Å². The van der Waals surface area contributed by atoms with E-state index in [2.05, 4.69) is 0 Å². The highest BCUT2D eigenvalue weighted by atomic mass is 35.5. The molecule has 1 unspecified atom stereocenters. The molecule has 0 spiro atoms. The third-order valence-corrected chi connectivity index (χ3v) is 3.18. The first kappa shape index (κ1) is 12.3. The molecule has 3 nitrogen and oxygen atoms in total. The second kappa shape index (κ2) is 4.63. The molecule has 1 saturated heterocycles. The first-order valence-electron chi connectivity index (χ1n) is 4.92. The zero-order valence-electron chi connectivity index (χ0n) is 8.62. The minimum Gasteiger partial charge on any atom is -0.274 e. The number of rotatable bonds is 2. The van der Waals surface area contributed by atoms with Gasteiger partial charge >= 0.3 is 0 Å². The fourth-order valence-electron chi connectivity index (χ4n) is 1.73. The van der Waals surface area contributed by atoms with Crippen LogP contribution in [0.25, 0.3) is 0 Å². The summed E-state index contributed by atoms with van der Waals surface area (Å²) in [4.78, 5) is 24.3. The van der Waals surface area contributed by atoms with E-state index in [0.29, 0.717) is 0 Å². The van der Waals surface area contributed by atoms with Crippen LogP contribution >= 0.6 is 23.2 Å². The maximum absolute atomic E-state index is 13.6. The first-order chi connectivity index (χ1) is 8.04. The van der Waals surface area contributed by atoms with Crippen LogP contribution in [0.5, 0.6) is 0 Å².